The predicted molar refractivity (Wildman–Crippen MR) is 226 cm³/mol. The number of phenols is 1. The Morgan fingerprint density at radius 2 is 1.45 bits per heavy atom. The number of anilines is 3. The second-order valence-electron chi connectivity index (χ2n) is 16.0. The first-order valence-corrected chi connectivity index (χ1v) is 20.1. The Hall–Kier alpha value is -6.66. The number of azo groups is 1. The van der Waals surface area contributed by atoms with Crippen LogP contribution in [0.5, 0.6) is 5.75 Å². The molecule has 0 bridgehead atoms. The van der Waals surface area contributed by atoms with Gasteiger partial charge in [0.1, 0.15) is 11.6 Å². The highest BCUT2D eigenvalue weighted by Crippen LogP contribution is 2.65. The van der Waals surface area contributed by atoms with Crippen molar-refractivity contribution < 1.29 is 28.7 Å². The van der Waals surface area contributed by atoms with Gasteiger partial charge in [-0.3, -0.25) is 29.5 Å². The van der Waals surface area contributed by atoms with E-state index in [-0.39, 0.29) is 24.5 Å². The number of nitrogens with zero attached hydrogens (tertiary/aromatic N) is 5. The van der Waals surface area contributed by atoms with E-state index in [0.29, 0.717) is 50.0 Å². The molecule has 2 aliphatic carbocycles. The molecule has 0 radical (unpaired) electrons. The minimum absolute atomic E-state index is 0.0401. The molecule has 4 amide bonds. The molecule has 1 saturated carbocycles. The number of fused-ring (bicyclic) bond motifs is 4. The lowest BCUT2D eigenvalue weighted by molar-refractivity contribution is -0.138. The average molecular weight is 823 g/mol. The number of carbonyl (C=O) groups excluding carboxylic acids is 4. The molecule has 2 aliphatic heterocycles. The van der Waals surface area contributed by atoms with Crippen LogP contribution in [0.1, 0.15) is 35.4 Å². The third-order valence-corrected chi connectivity index (χ3v) is 12.8. The number of nitrogens with one attached hydrogen (secondary N) is 1. The summed E-state index contributed by atoms with van der Waals surface area (Å²) in [7, 11) is 3.91. The maximum Gasteiger partial charge on any atom is 0.260 e. The van der Waals surface area contributed by atoms with Gasteiger partial charge in [-0.05, 0) is 122 Å². The molecular weight excluding hydrogens is 783 g/mol. The molecule has 60 heavy (non-hydrogen) atoms. The van der Waals surface area contributed by atoms with E-state index in [1.54, 1.807) is 73.7 Å². The summed E-state index contributed by atoms with van der Waals surface area (Å²) in [4.78, 5) is 62.5. The quantitative estimate of drug-likeness (QED) is 0.0906. The van der Waals surface area contributed by atoms with E-state index < -0.39 is 58.5 Å². The molecule has 9 rings (SSSR count). The SMILES string of the molecule is Cc1cccc([C@H]2C3=CC[C@@H]4C(=O)N(c5ccc(N=Nc6ccc(N(C)C)cc6)cc5)C(=O)[C@@H]4[C@@H]3C[C@H]3C(=O)N(Nc4ccc(F)cc4)C(=O)[C@@]23c2ccc(Cl)cc2)c1O. The number of hydrazine groups is 1. The first kappa shape index (κ1) is 38.8. The van der Waals surface area contributed by atoms with Crippen LogP contribution in [0.25, 0.3) is 0 Å². The smallest absolute Gasteiger partial charge is 0.260 e. The van der Waals surface area contributed by atoms with Crippen molar-refractivity contribution in [2.75, 3.05) is 29.3 Å². The number of aryl methyl sites for hydroxylation is 1. The van der Waals surface area contributed by atoms with E-state index >= 15 is 4.79 Å². The zero-order chi connectivity index (χ0) is 42.0. The summed E-state index contributed by atoms with van der Waals surface area (Å²) in [6.07, 6.45) is 2.20. The van der Waals surface area contributed by atoms with Gasteiger partial charge in [0.25, 0.3) is 11.8 Å². The molecule has 0 unspecified atom stereocenters. The van der Waals surface area contributed by atoms with Gasteiger partial charge < -0.3 is 10.0 Å². The van der Waals surface area contributed by atoms with Crippen LogP contribution in [0.3, 0.4) is 0 Å². The van der Waals surface area contributed by atoms with Crippen LogP contribution in [0.2, 0.25) is 5.02 Å². The maximum atomic E-state index is 15.3. The monoisotopic (exact) mass is 822 g/mol. The summed E-state index contributed by atoms with van der Waals surface area (Å²) in [5, 5.41) is 21.9. The Balaban J connectivity index is 1.11. The van der Waals surface area contributed by atoms with Gasteiger partial charge in [-0.25, -0.2) is 4.39 Å². The van der Waals surface area contributed by atoms with Crippen molar-refractivity contribution >= 4 is 63.7 Å². The first-order chi connectivity index (χ1) is 28.9. The second kappa shape index (κ2) is 14.9. The van der Waals surface area contributed by atoms with E-state index in [4.69, 9.17) is 11.6 Å². The largest absolute Gasteiger partial charge is 0.507 e. The second-order valence-corrected chi connectivity index (χ2v) is 16.5. The van der Waals surface area contributed by atoms with Crippen molar-refractivity contribution in [2.45, 2.75) is 31.1 Å². The highest BCUT2D eigenvalue weighted by molar-refractivity contribution is 6.30. The molecule has 3 fully saturated rings. The van der Waals surface area contributed by atoms with E-state index in [1.807, 2.05) is 49.3 Å². The van der Waals surface area contributed by atoms with Gasteiger partial charge in [0.2, 0.25) is 11.8 Å². The Kier molecular flexibility index (Phi) is 9.62. The molecule has 0 spiro atoms. The summed E-state index contributed by atoms with van der Waals surface area (Å²) < 4.78 is 13.9. The van der Waals surface area contributed by atoms with Crippen LogP contribution in [0.4, 0.5) is 32.8 Å². The summed E-state index contributed by atoms with van der Waals surface area (Å²) >= 11 is 6.39. The summed E-state index contributed by atoms with van der Waals surface area (Å²) in [5.41, 5.74) is 6.45. The van der Waals surface area contributed by atoms with Crippen molar-refractivity contribution in [3.63, 3.8) is 0 Å². The van der Waals surface area contributed by atoms with Crippen LogP contribution >= 0.6 is 11.6 Å². The molecule has 2 heterocycles. The lowest BCUT2D eigenvalue weighted by Crippen LogP contribution is -2.53. The average Bonchev–Trinajstić information content (AvgIpc) is 3.63. The molecule has 2 N–H and O–H groups in total. The number of benzene rings is 5. The zero-order valence-electron chi connectivity index (χ0n) is 32.9. The molecule has 0 aromatic heterocycles. The standard InChI is InChI=1S/C47H40ClFN6O5/c1-26-5-4-6-37(42(26)56)41-35-23-24-36-40(45(59)54(43(36)57)34-21-17-31(18-22-34)51-50-30-15-19-33(20-16-30)53(2)3)38(35)25-39-44(58)55(52-32-13-11-29(49)12-14-32)46(60)47(39,41)27-7-9-28(48)10-8-27/h4-23,36,38-41,52,56H,24-25H2,1-3H3/t36-,38+,39-,40-,41+,47+/m0/s1. The topological polar surface area (TPSA) is 135 Å². The van der Waals surface area contributed by atoms with Crippen molar-refractivity contribution in [2.24, 2.45) is 33.9 Å². The first-order valence-electron chi connectivity index (χ1n) is 19.7. The number of hydrogen-bond donors (Lipinski definition) is 2. The number of aromatic hydroxyl groups is 1. The van der Waals surface area contributed by atoms with Gasteiger partial charge in [0.15, 0.2) is 0 Å². The number of imide groups is 2. The fourth-order valence-electron chi connectivity index (χ4n) is 9.77. The van der Waals surface area contributed by atoms with Gasteiger partial charge in [-0.1, -0.05) is 53.6 Å². The van der Waals surface area contributed by atoms with E-state index in [9.17, 15) is 23.9 Å². The molecule has 302 valence electrons. The molecular formula is C47H40ClFN6O5. The van der Waals surface area contributed by atoms with Gasteiger partial charge in [-0.2, -0.15) is 15.2 Å². The molecule has 13 heteroatoms. The third-order valence-electron chi connectivity index (χ3n) is 12.6. The van der Waals surface area contributed by atoms with Gasteiger partial charge >= 0.3 is 0 Å². The fraction of sp³-hybridized carbons (Fsp3) is 0.234. The van der Waals surface area contributed by atoms with E-state index in [1.165, 1.54) is 29.2 Å². The minimum Gasteiger partial charge on any atom is -0.507 e. The van der Waals surface area contributed by atoms with Crippen LogP contribution in [-0.2, 0) is 24.6 Å². The lowest BCUT2D eigenvalue weighted by atomic mass is 9.49. The van der Waals surface area contributed by atoms with Crippen LogP contribution in [-0.4, -0.2) is 47.8 Å². The van der Waals surface area contributed by atoms with Gasteiger partial charge in [0, 0.05) is 36.3 Å². The van der Waals surface area contributed by atoms with Crippen LogP contribution in [0.15, 0.2) is 137 Å². The number of halogens is 2. The Bertz CT molecular complexity index is 2620. The number of rotatable bonds is 8. The molecule has 5 aromatic rings. The fourth-order valence-corrected chi connectivity index (χ4v) is 9.90. The van der Waals surface area contributed by atoms with E-state index in [0.717, 1.165) is 10.7 Å². The molecule has 11 nitrogen and oxygen atoms in total. The van der Waals surface area contributed by atoms with Crippen LogP contribution < -0.4 is 15.2 Å². The predicted octanol–water partition coefficient (Wildman–Crippen LogP) is 9.16. The van der Waals surface area contributed by atoms with Crippen molar-refractivity contribution in [3.8, 4) is 5.75 Å². The summed E-state index contributed by atoms with van der Waals surface area (Å²) in [6, 6.07) is 31.7. The lowest BCUT2D eigenvalue weighted by Gasteiger charge is -2.50. The number of allylic oxidation sites excluding steroid dienone is 2. The molecule has 5 aromatic carbocycles. The zero-order valence-corrected chi connectivity index (χ0v) is 33.7. The van der Waals surface area contributed by atoms with Gasteiger partial charge in [0.05, 0.1) is 45.9 Å². The number of para-hydroxylation sites is 1. The number of hydrogen-bond acceptors (Lipinski definition) is 9. The van der Waals surface area contributed by atoms with Crippen LogP contribution in [0, 0.1) is 36.4 Å². The number of phenolic OH excluding ortho intramolecular Hbond substituents is 1. The Morgan fingerprint density at radius 1 is 0.800 bits per heavy atom. The molecule has 4 aliphatic rings. The summed E-state index contributed by atoms with van der Waals surface area (Å²) in [5.74, 6) is -6.59. The normalized spacial score (nSPS) is 24.7. The summed E-state index contributed by atoms with van der Waals surface area (Å²) in [6.45, 7) is 1.76. The number of amides is 4. The van der Waals surface area contributed by atoms with E-state index in [2.05, 4.69) is 15.7 Å². The van der Waals surface area contributed by atoms with Crippen molar-refractivity contribution in [1.82, 2.24) is 5.01 Å². The molecule has 2 saturated heterocycles. The maximum absolute atomic E-state index is 15.3. The minimum atomic E-state index is -1.61. The third kappa shape index (κ3) is 6.16. The highest BCUT2D eigenvalue weighted by Gasteiger charge is 2.70. The van der Waals surface area contributed by atoms with Crippen molar-refractivity contribution in [1.29, 1.82) is 0 Å². The Labute approximate surface area is 350 Å². The molecule has 6 atom stereocenters. The van der Waals surface area contributed by atoms with Crippen molar-refractivity contribution in [3.05, 3.63) is 154 Å². The number of carbonyl (C=O) groups is 4. The van der Waals surface area contributed by atoms with Gasteiger partial charge in [-0.15, -0.1) is 0 Å². The highest BCUT2D eigenvalue weighted by atomic mass is 35.5. The Morgan fingerprint density at radius 3 is 2.10 bits per heavy atom.